The Hall–Kier alpha value is -1.06. The van der Waals surface area contributed by atoms with Crippen molar-refractivity contribution in [2.75, 3.05) is 6.54 Å². The molecule has 0 radical (unpaired) electrons. The van der Waals surface area contributed by atoms with Gasteiger partial charge in [0.1, 0.15) is 6.10 Å². The Bertz CT molecular complexity index is 265. The molecule has 4 heteroatoms. The van der Waals surface area contributed by atoms with Crippen molar-refractivity contribution in [3.8, 4) is 0 Å². The van der Waals surface area contributed by atoms with Crippen molar-refractivity contribution in [1.82, 2.24) is 4.90 Å². The van der Waals surface area contributed by atoms with Crippen LogP contribution < -0.4 is 0 Å². The third-order valence-corrected chi connectivity index (χ3v) is 3.02. The maximum Gasteiger partial charge on any atom is 0.302 e. The lowest BCUT2D eigenvalue weighted by molar-refractivity contribution is -0.153. The summed E-state index contributed by atoms with van der Waals surface area (Å²) in [6.45, 7) is 5.67. The highest BCUT2D eigenvalue weighted by molar-refractivity contribution is 5.74. The number of piperidine rings is 1. The maximum atomic E-state index is 11.5. The highest BCUT2D eigenvalue weighted by Gasteiger charge is 2.30. The van der Waals surface area contributed by atoms with Crippen molar-refractivity contribution in [2.24, 2.45) is 0 Å². The van der Waals surface area contributed by atoms with Crippen LogP contribution in [0.15, 0.2) is 0 Å². The second kappa shape index (κ2) is 5.87. The zero-order valence-corrected chi connectivity index (χ0v) is 10.4. The zero-order chi connectivity index (χ0) is 12.1. The average molecular weight is 227 g/mol. The van der Waals surface area contributed by atoms with Crippen molar-refractivity contribution in [1.29, 1.82) is 0 Å². The van der Waals surface area contributed by atoms with E-state index in [0.717, 1.165) is 25.7 Å². The van der Waals surface area contributed by atoms with Crippen LogP contribution in [0.5, 0.6) is 0 Å². The highest BCUT2D eigenvalue weighted by Crippen LogP contribution is 2.23. The molecular formula is C12H21NO3. The fraction of sp³-hybridized carbons (Fsp3) is 0.833. The molecule has 1 heterocycles. The summed E-state index contributed by atoms with van der Waals surface area (Å²) in [4.78, 5) is 24.2. The van der Waals surface area contributed by atoms with Gasteiger partial charge in [-0.25, -0.2) is 0 Å². The van der Waals surface area contributed by atoms with Crippen molar-refractivity contribution >= 4 is 11.9 Å². The molecule has 16 heavy (non-hydrogen) atoms. The molecule has 2 unspecified atom stereocenters. The van der Waals surface area contributed by atoms with Gasteiger partial charge in [-0.05, 0) is 19.3 Å². The molecule has 0 bridgehead atoms. The van der Waals surface area contributed by atoms with E-state index in [4.69, 9.17) is 4.74 Å². The Balaban J connectivity index is 2.57. The topological polar surface area (TPSA) is 46.6 Å². The van der Waals surface area contributed by atoms with Gasteiger partial charge in [-0.15, -0.1) is 0 Å². The average Bonchev–Trinajstić information content (AvgIpc) is 2.19. The molecule has 1 saturated heterocycles. The minimum Gasteiger partial charge on any atom is -0.461 e. The van der Waals surface area contributed by atoms with Gasteiger partial charge in [0.15, 0.2) is 0 Å². The molecule has 1 rings (SSSR count). The molecule has 4 nitrogen and oxygen atoms in total. The van der Waals surface area contributed by atoms with E-state index in [9.17, 15) is 9.59 Å². The van der Waals surface area contributed by atoms with E-state index in [1.54, 1.807) is 6.92 Å². The van der Waals surface area contributed by atoms with Gasteiger partial charge in [-0.2, -0.15) is 0 Å². The van der Waals surface area contributed by atoms with Gasteiger partial charge < -0.3 is 9.64 Å². The molecular weight excluding hydrogens is 206 g/mol. The third-order valence-electron chi connectivity index (χ3n) is 3.02. The fourth-order valence-corrected chi connectivity index (χ4v) is 2.34. The van der Waals surface area contributed by atoms with Crippen LogP contribution in [0.2, 0.25) is 0 Å². The van der Waals surface area contributed by atoms with Crippen molar-refractivity contribution in [3.63, 3.8) is 0 Å². The Morgan fingerprint density at radius 3 is 2.50 bits per heavy atom. The van der Waals surface area contributed by atoms with Gasteiger partial charge in [-0.3, -0.25) is 9.59 Å². The molecule has 0 N–H and O–H groups in total. The SMILES string of the molecule is CCCC1CCC(OC(C)=O)CN1C(C)=O. The summed E-state index contributed by atoms with van der Waals surface area (Å²) in [5.41, 5.74) is 0. The van der Waals surface area contributed by atoms with E-state index in [1.165, 1.54) is 6.92 Å². The molecule has 0 aromatic rings. The fourth-order valence-electron chi connectivity index (χ4n) is 2.34. The standard InChI is InChI=1S/C12H21NO3/c1-4-5-11-6-7-12(16-10(3)15)8-13(11)9(2)14/h11-12H,4-8H2,1-3H3. The first-order chi connectivity index (χ1) is 7.54. The first-order valence-electron chi connectivity index (χ1n) is 5.99. The molecule has 1 aliphatic heterocycles. The summed E-state index contributed by atoms with van der Waals surface area (Å²) in [7, 11) is 0. The predicted molar refractivity (Wildman–Crippen MR) is 60.9 cm³/mol. The maximum absolute atomic E-state index is 11.5. The van der Waals surface area contributed by atoms with Gasteiger partial charge in [0.25, 0.3) is 0 Å². The number of ether oxygens (including phenoxy) is 1. The summed E-state index contributed by atoms with van der Waals surface area (Å²) in [6, 6.07) is 0.328. The second-order valence-electron chi connectivity index (χ2n) is 4.42. The van der Waals surface area contributed by atoms with Crippen molar-refractivity contribution < 1.29 is 14.3 Å². The Labute approximate surface area is 96.9 Å². The van der Waals surface area contributed by atoms with E-state index in [0.29, 0.717) is 12.6 Å². The molecule has 0 saturated carbocycles. The normalized spacial score (nSPS) is 25.3. The lowest BCUT2D eigenvalue weighted by atomic mass is 9.96. The van der Waals surface area contributed by atoms with Gasteiger partial charge >= 0.3 is 5.97 Å². The second-order valence-corrected chi connectivity index (χ2v) is 4.42. The number of likely N-dealkylation sites (tertiary alicyclic amines) is 1. The Morgan fingerprint density at radius 2 is 2.00 bits per heavy atom. The minimum atomic E-state index is -0.262. The molecule has 0 spiro atoms. The van der Waals surface area contributed by atoms with Crippen molar-refractivity contribution in [2.45, 2.75) is 58.6 Å². The van der Waals surface area contributed by atoms with Gasteiger partial charge in [0.2, 0.25) is 5.91 Å². The molecule has 0 aromatic carbocycles. The number of rotatable bonds is 3. The highest BCUT2D eigenvalue weighted by atomic mass is 16.5. The van der Waals surface area contributed by atoms with Gasteiger partial charge in [-0.1, -0.05) is 13.3 Å². The lowest BCUT2D eigenvalue weighted by Gasteiger charge is -2.38. The zero-order valence-electron chi connectivity index (χ0n) is 10.4. The van der Waals surface area contributed by atoms with E-state index in [1.807, 2.05) is 4.90 Å². The van der Waals surface area contributed by atoms with Gasteiger partial charge in [0, 0.05) is 19.9 Å². The summed E-state index contributed by atoms with van der Waals surface area (Å²) in [6.07, 6.45) is 3.80. The van der Waals surface area contributed by atoms with E-state index in [2.05, 4.69) is 6.92 Å². The largest absolute Gasteiger partial charge is 0.461 e. The van der Waals surface area contributed by atoms with Crippen molar-refractivity contribution in [3.05, 3.63) is 0 Å². The van der Waals surface area contributed by atoms with Crippen LogP contribution >= 0.6 is 0 Å². The van der Waals surface area contributed by atoms with Crippen LogP contribution in [0.3, 0.4) is 0 Å². The summed E-state index contributed by atoms with van der Waals surface area (Å²) in [5, 5.41) is 0. The number of carbonyl (C=O) groups excluding carboxylic acids is 2. The van der Waals surface area contributed by atoms with Crippen LogP contribution in [0.4, 0.5) is 0 Å². The van der Waals surface area contributed by atoms with E-state index in [-0.39, 0.29) is 18.0 Å². The summed E-state index contributed by atoms with van der Waals surface area (Å²) < 4.78 is 5.17. The Kier molecular flexibility index (Phi) is 4.77. The number of amides is 1. The summed E-state index contributed by atoms with van der Waals surface area (Å²) in [5.74, 6) is -0.183. The molecule has 0 aliphatic carbocycles. The lowest BCUT2D eigenvalue weighted by Crippen LogP contribution is -2.48. The molecule has 0 aromatic heterocycles. The van der Waals surface area contributed by atoms with Crippen LogP contribution in [-0.4, -0.2) is 35.5 Å². The number of carbonyl (C=O) groups is 2. The predicted octanol–water partition coefficient (Wildman–Crippen LogP) is 1.73. The number of esters is 1. The Morgan fingerprint density at radius 1 is 1.31 bits per heavy atom. The van der Waals surface area contributed by atoms with E-state index >= 15 is 0 Å². The number of nitrogens with zero attached hydrogens (tertiary/aromatic N) is 1. The molecule has 2 atom stereocenters. The summed E-state index contributed by atoms with van der Waals surface area (Å²) >= 11 is 0. The third kappa shape index (κ3) is 3.51. The van der Waals surface area contributed by atoms with E-state index < -0.39 is 0 Å². The smallest absolute Gasteiger partial charge is 0.302 e. The van der Waals surface area contributed by atoms with Crippen LogP contribution in [-0.2, 0) is 14.3 Å². The molecule has 1 aliphatic rings. The molecule has 1 fully saturated rings. The number of hydrogen-bond acceptors (Lipinski definition) is 3. The minimum absolute atomic E-state index is 0.0790. The van der Waals surface area contributed by atoms with Crippen LogP contribution in [0.25, 0.3) is 0 Å². The monoisotopic (exact) mass is 227 g/mol. The number of hydrogen-bond donors (Lipinski definition) is 0. The molecule has 1 amide bonds. The molecule has 92 valence electrons. The first kappa shape index (κ1) is 13.0. The van der Waals surface area contributed by atoms with Crippen LogP contribution in [0, 0.1) is 0 Å². The quantitative estimate of drug-likeness (QED) is 0.690. The first-order valence-corrected chi connectivity index (χ1v) is 5.99. The van der Waals surface area contributed by atoms with Gasteiger partial charge in [0.05, 0.1) is 6.54 Å². The van der Waals surface area contributed by atoms with Crippen LogP contribution in [0.1, 0.15) is 46.5 Å².